The average molecular weight is 344 g/mol. The van der Waals surface area contributed by atoms with Crippen LogP contribution in [0.2, 0.25) is 10.0 Å². The van der Waals surface area contributed by atoms with Gasteiger partial charge in [-0.2, -0.15) is 0 Å². The highest BCUT2D eigenvalue weighted by Gasteiger charge is 2.25. The zero-order valence-electron chi connectivity index (χ0n) is 11.6. The van der Waals surface area contributed by atoms with Gasteiger partial charge in [0, 0.05) is 34.8 Å². The average Bonchev–Trinajstić information content (AvgIpc) is 2.63. The Bertz CT molecular complexity index is 686. The van der Waals surface area contributed by atoms with Crippen molar-refractivity contribution in [2.45, 2.75) is 19.4 Å². The molecule has 1 fully saturated rings. The number of nitrogens with zero attached hydrogens (tertiary/aromatic N) is 1. The standard InChI is InChI=1S/C15H15Cl2NO2S/c1-9-8-18(5-2-6-20-9)15(19)14-13(17)11-4-3-10(16)7-12(11)21-14/h3-4,7,9H,2,5-6,8H2,1H3. The molecule has 1 unspecified atom stereocenters. The zero-order valence-corrected chi connectivity index (χ0v) is 13.9. The van der Waals surface area contributed by atoms with Crippen LogP contribution >= 0.6 is 34.5 Å². The first-order chi connectivity index (χ1) is 10.1. The Labute approximate surface area is 137 Å². The largest absolute Gasteiger partial charge is 0.377 e. The predicted octanol–water partition coefficient (Wildman–Crippen LogP) is 4.46. The maximum atomic E-state index is 12.7. The lowest BCUT2D eigenvalue weighted by molar-refractivity contribution is 0.0565. The van der Waals surface area contributed by atoms with Crippen molar-refractivity contribution in [1.29, 1.82) is 0 Å². The summed E-state index contributed by atoms with van der Waals surface area (Å²) < 4.78 is 6.52. The third-order valence-electron chi connectivity index (χ3n) is 3.53. The number of benzene rings is 1. The molecule has 1 atom stereocenters. The van der Waals surface area contributed by atoms with Crippen LogP contribution < -0.4 is 0 Å². The number of thiophene rings is 1. The molecule has 0 bridgehead atoms. The third kappa shape index (κ3) is 3.04. The summed E-state index contributed by atoms with van der Waals surface area (Å²) in [6.45, 7) is 3.98. The molecule has 3 rings (SSSR count). The Morgan fingerprint density at radius 1 is 1.43 bits per heavy atom. The highest BCUT2D eigenvalue weighted by atomic mass is 35.5. The van der Waals surface area contributed by atoms with Crippen LogP contribution in [0.4, 0.5) is 0 Å². The number of fused-ring (bicyclic) bond motifs is 1. The summed E-state index contributed by atoms with van der Waals surface area (Å²) in [4.78, 5) is 15.2. The van der Waals surface area contributed by atoms with E-state index in [-0.39, 0.29) is 12.0 Å². The molecule has 2 heterocycles. The Balaban J connectivity index is 1.95. The molecule has 1 aromatic heterocycles. The van der Waals surface area contributed by atoms with E-state index in [0.29, 0.717) is 34.6 Å². The summed E-state index contributed by atoms with van der Waals surface area (Å²) in [6, 6.07) is 5.50. The Morgan fingerprint density at radius 3 is 3.05 bits per heavy atom. The van der Waals surface area contributed by atoms with Crippen LogP contribution in [0.15, 0.2) is 18.2 Å². The Morgan fingerprint density at radius 2 is 2.24 bits per heavy atom. The molecule has 0 aliphatic carbocycles. The molecule has 1 aromatic carbocycles. The smallest absolute Gasteiger partial charge is 0.265 e. The number of amides is 1. The molecule has 0 spiro atoms. The molecular weight excluding hydrogens is 329 g/mol. The lowest BCUT2D eigenvalue weighted by Crippen LogP contribution is -2.35. The summed E-state index contributed by atoms with van der Waals surface area (Å²) in [6.07, 6.45) is 0.906. The van der Waals surface area contributed by atoms with Crippen LogP contribution in [0.3, 0.4) is 0 Å². The Hall–Kier alpha value is -0.810. The van der Waals surface area contributed by atoms with E-state index >= 15 is 0 Å². The summed E-state index contributed by atoms with van der Waals surface area (Å²) in [5.41, 5.74) is 0. The van der Waals surface area contributed by atoms with E-state index in [0.717, 1.165) is 16.5 Å². The molecule has 6 heteroatoms. The third-order valence-corrected chi connectivity index (χ3v) is 5.41. The van der Waals surface area contributed by atoms with Crippen LogP contribution in [-0.4, -0.2) is 36.6 Å². The van der Waals surface area contributed by atoms with Crippen LogP contribution in [-0.2, 0) is 4.74 Å². The van der Waals surface area contributed by atoms with Gasteiger partial charge in [-0.25, -0.2) is 0 Å². The van der Waals surface area contributed by atoms with Crippen LogP contribution in [0, 0.1) is 0 Å². The number of rotatable bonds is 1. The van der Waals surface area contributed by atoms with E-state index in [9.17, 15) is 4.79 Å². The first-order valence-corrected chi connectivity index (χ1v) is 8.42. The van der Waals surface area contributed by atoms with E-state index in [1.807, 2.05) is 24.0 Å². The second-order valence-electron chi connectivity index (χ2n) is 5.17. The van der Waals surface area contributed by atoms with E-state index in [1.165, 1.54) is 11.3 Å². The van der Waals surface area contributed by atoms with Gasteiger partial charge in [0.2, 0.25) is 0 Å². The first kappa shape index (κ1) is 15.1. The molecule has 21 heavy (non-hydrogen) atoms. The summed E-state index contributed by atoms with van der Waals surface area (Å²) in [5, 5.41) is 2.05. The molecule has 3 nitrogen and oxygen atoms in total. The van der Waals surface area contributed by atoms with Crippen molar-refractivity contribution in [2.24, 2.45) is 0 Å². The zero-order chi connectivity index (χ0) is 15.0. The number of halogens is 2. The van der Waals surface area contributed by atoms with Gasteiger partial charge in [-0.1, -0.05) is 29.3 Å². The fourth-order valence-electron chi connectivity index (χ4n) is 2.50. The maximum Gasteiger partial charge on any atom is 0.265 e. The SMILES string of the molecule is CC1CN(C(=O)c2sc3cc(Cl)ccc3c2Cl)CCCO1. The fourth-order valence-corrected chi connectivity index (χ4v) is 4.25. The molecule has 1 amide bonds. The molecular formula is C15H15Cl2NO2S. The molecule has 1 saturated heterocycles. The molecule has 2 aromatic rings. The van der Waals surface area contributed by atoms with E-state index < -0.39 is 0 Å². The quantitative estimate of drug-likeness (QED) is 0.764. The van der Waals surface area contributed by atoms with Crippen molar-refractivity contribution in [3.63, 3.8) is 0 Å². The van der Waals surface area contributed by atoms with Gasteiger partial charge in [-0.05, 0) is 25.5 Å². The summed E-state index contributed by atoms with van der Waals surface area (Å²) in [5.74, 6) is -0.0188. The number of ether oxygens (including phenoxy) is 1. The number of carbonyl (C=O) groups excluding carboxylic acids is 1. The first-order valence-electron chi connectivity index (χ1n) is 6.84. The van der Waals surface area contributed by atoms with Crippen molar-refractivity contribution in [3.8, 4) is 0 Å². The lowest BCUT2D eigenvalue weighted by Gasteiger charge is -2.21. The van der Waals surface area contributed by atoms with Gasteiger partial charge in [0.05, 0.1) is 11.1 Å². The van der Waals surface area contributed by atoms with Gasteiger partial charge in [0.1, 0.15) is 4.88 Å². The second kappa shape index (κ2) is 6.13. The number of hydrogen-bond donors (Lipinski definition) is 0. The van der Waals surface area contributed by atoms with Crippen molar-refractivity contribution in [3.05, 3.63) is 33.1 Å². The minimum atomic E-state index is -0.0188. The van der Waals surface area contributed by atoms with Crippen LogP contribution in [0.25, 0.3) is 10.1 Å². The normalized spacial score (nSPS) is 19.8. The molecule has 0 N–H and O–H groups in total. The lowest BCUT2D eigenvalue weighted by atomic mass is 10.2. The van der Waals surface area contributed by atoms with Gasteiger partial charge in [0.15, 0.2) is 0 Å². The van der Waals surface area contributed by atoms with E-state index in [1.54, 1.807) is 6.07 Å². The second-order valence-corrected chi connectivity index (χ2v) is 7.04. The molecule has 1 aliphatic heterocycles. The topological polar surface area (TPSA) is 29.5 Å². The minimum Gasteiger partial charge on any atom is -0.377 e. The number of hydrogen-bond acceptors (Lipinski definition) is 3. The van der Waals surface area contributed by atoms with E-state index in [2.05, 4.69) is 0 Å². The Kier molecular flexibility index (Phi) is 4.41. The number of carbonyl (C=O) groups is 1. The molecule has 1 aliphatic rings. The van der Waals surface area contributed by atoms with Gasteiger partial charge in [0.25, 0.3) is 5.91 Å². The highest BCUT2D eigenvalue weighted by Crippen LogP contribution is 2.37. The minimum absolute atomic E-state index is 0.0188. The van der Waals surface area contributed by atoms with E-state index in [4.69, 9.17) is 27.9 Å². The van der Waals surface area contributed by atoms with Gasteiger partial charge in [-0.15, -0.1) is 11.3 Å². The van der Waals surface area contributed by atoms with Crippen molar-refractivity contribution in [2.75, 3.05) is 19.7 Å². The van der Waals surface area contributed by atoms with Crippen molar-refractivity contribution < 1.29 is 9.53 Å². The summed E-state index contributed by atoms with van der Waals surface area (Å²) >= 11 is 13.8. The van der Waals surface area contributed by atoms with Crippen LogP contribution in [0.1, 0.15) is 23.0 Å². The van der Waals surface area contributed by atoms with Gasteiger partial charge >= 0.3 is 0 Å². The van der Waals surface area contributed by atoms with Crippen molar-refractivity contribution >= 4 is 50.5 Å². The van der Waals surface area contributed by atoms with Gasteiger partial charge < -0.3 is 9.64 Å². The van der Waals surface area contributed by atoms with Crippen molar-refractivity contribution in [1.82, 2.24) is 4.90 Å². The monoisotopic (exact) mass is 343 g/mol. The molecule has 112 valence electrons. The predicted molar refractivity (Wildman–Crippen MR) is 87.8 cm³/mol. The van der Waals surface area contributed by atoms with Gasteiger partial charge in [-0.3, -0.25) is 4.79 Å². The summed E-state index contributed by atoms with van der Waals surface area (Å²) in [7, 11) is 0. The maximum absolute atomic E-state index is 12.7. The molecule has 0 saturated carbocycles. The highest BCUT2D eigenvalue weighted by molar-refractivity contribution is 7.21. The van der Waals surface area contributed by atoms with Crippen LogP contribution in [0.5, 0.6) is 0 Å². The fraction of sp³-hybridized carbons (Fsp3) is 0.400. The molecule has 0 radical (unpaired) electrons.